The smallest absolute Gasteiger partial charge is 0.318 e. The number of aliphatic hydroxyl groups excluding tert-OH is 1. The van der Waals surface area contributed by atoms with Gasteiger partial charge in [-0.2, -0.15) is 0 Å². The summed E-state index contributed by atoms with van der Waals surface area (Å²) in [5.74, 6) is 1.57. The summed E-state index contributed by atoms with van der Waals surface area (Å²) < 4.78 is 5.48. The van der Waals surface area contributed by atoms with E-state index < -0.39 is 0 Å². The molecule has 0 aliphatic rings. The van der Waals surface area contributed by atoms with Crippen molar-refractivity contribution in [3.8, 4) is 0 Å². The highest BCUT2D eigenvalue weighted by Gasteiger charge is 2.17. The van der Waals surface area contributed by atoms with Crippen molar-refractivity contribution in [3.05, 3.63) is 23.7 Å². The van der Waals surface area contributed by atoms with E-state index >= 15 is 0 Å². The molecule has 0 fully saturated rings. The largest absolute Gasteiger partial charge is 0.464 e. The van der Waals surface area contributed by atoms with Crippen LogP contribution in [-0.2, 0) is 0 Å². The number of nitrogens with one attached hydrogen (secondary N) is 1. The second kappa shape index (κ2) is 7.84. The number of furan rings is 1. The number of amides is 2. The van der Waals surface area contributed by atoms with Crippen LogP contribution in [0.4, 0.5) is 4.79 Å². The number of hydrogen-bond donors (Lipinski definition) is 2. The van der Waals surface area contributed by atoms with E-state index in [2.05, 4.69) is 12.2 Å². The van der Waals surface area contributed by atoms with Gasteiger partial charge in [-0.1, -0.05) is 13.3 Å². The van der Waals surface area contributed by atoms with E-state index in [1.165, 1.54) is 0 Å². The molecule has 0 spiro atoms. The Kier molecular flexibility index (Phi) is 6.42. The monoisotopic (exact) mass is 268 g/mol. The molecule has 1 atom stereocenters. The van der Waals surface area contributed by atoms with Gasteiger partial charge in [0.2, 0.25) is 0 Å². The minimum absolute atomic E-state index is 0.0224. The maximum Gasteiger partial charge on any atom is 0.318 e. The standard InChI is InChI=1S/C14H24N2O3/c1-4-5-8-16(9-10-17)14(18)15-12(3)13-7-6-11(2)19-13/h6-7,12,17H,4-5,8-10H2,1-3H3,(H,15,18). The molecule has 1 aromatic rings. The average Bonchev–Trinajstić information content (AvgIpc) is 2.81. The first-order chi connectivity index (χ1) is 9.08. The van der Waals surface area contributed by atoms with E-state index in [4.69, 9.17) is 9.52 Å². The van der Waals surface area contributed by atoms with E-state index in [1.54, 1.807) is 4.90 Å². The van der Waals surface area contributed by atoms with Gasteiger partial charge in [-0.05, 0) is 32.4 Å². The number of carbonyl (C=O) groups is 1. The van der Waals surface area contributed by atoms with Crippen molar-refractivity contribution < 1.29 is 14.3 Å². The van der Waals surface area contributed by atoms with Crippen molar-refractivity contribution in [1.82, 2.24) is 10.2 Å². The van der Waals surface area contributed by atoms with Crippen LogP contribution in [-0.4, -0.2) is 35.7 Å². The predicted octanol–water partition coefficient (Wildman–Crippen LogP) is 2.45. The Bertz CT molecular complexity index is 390. The minimum atomic E-state index is -0.177. The summed E-state index contributed by atoms with van der Waals surface area (Å²) in [6.07, 6.45) is 1.95. The zero-order valence-electron chi connectivity index (χ0n) is 12.0. The molecule has 0 saturated heterocycles. The first-order valence-electron chi connectivity index (χ1n) is 6.81. The number of carbonyl (C=O) groups excluding carboxylic acids is 1. The SMILES string of the molecule is CCCCN(CCO)C(=O)NC(C)c1ccc(C)o1. The van der Waals surface area contributed by atoms with Crippen LogP contribution >= 0.6 is 0 Å². The van der Waals surface area contributed by atoms with Crippen LogP contribution in [0.15, 0.2) is 16.5 Å². The summed E-state index contributed by atoms with van der Waals surface area (Å²) in [4.78, 5) is 13.7. The summed E-state index contributed by atoms with van der Waals surface area (Å²) in [5, 5.41) is 11.9. The van der Waals surface area contributed by atoms with Crippen LogP contribution in [0.3, 0.4) is 0 Å². The van der Waals surface area contributed by atoms with Crippen molar-refractivity contribution in [2.75, 3.05) is 19.7 Å². The summed E-state index contributed by atoms with van der Waals surface area (Å²) in [5.41, 5.74) is 0. The average molecular weight is 268 g/mol. The fourth-order valence-electron chi connectivity index (χ4n) is 1.82. The lowest BCUT2D eigenvalue weighted by Crippen LogP contribution is -2.42. The number of hydrogen-bond acceptors (Lipinski definition) is 3. The lowest BCUT2D eigenvalue weighted by Gasteiger charge is -2.23. The molecule has 1 aromatic heterocycles. The molecule has 1 heterocycles. The van der Waals surface area contributed by atoms with Gasteiger partial charge in [0.1, 0.15) is 11.5 Å². The molecule has 2 amide bonds. The molecule has 2 N–H and O–H groups in total. The van der Waals surface area contributed by atoms with Crippen LogP contribution in [0, 0.1) is 6.92 Å². The topological polar surface area (TPSA) is 65.7 Å². The molecule has 0 aliphatic carbocycles. The van der Waals surface area contributed by atoms with Crippen molar-refractivity contribution in [3.63, 3.8) is 0 Å². The Balaban J connectivity index is 2.54. The van der Waals surface area contributed by atoms with Crippen LogP contribution in [0.25, 0.3) is 0 Å². The van der Waals surface area contributed by atoms with Gasteiger partial charge >= 0.3 is 6.03 Å². The maximum absolute atomic E-state index is 12.1. The molecule has 1 rings (SSSR count). The molecule has 5 nitrogen and oxygen atoms in total. The number of rotatable bonds is 7. The molecule has 0 radical (unpaired) electrons. The first-order valence-corrected chi connectivity index (χ1v) is 6.81. The van der Waals surface area contributed by atoms with Gasteiger partial charge in [-0.15, -0.1) is 0 Å². The quantitative estimate of drug-likeness (QED) is 0.798. The van der Waals surface area contributed by atoms with Crippen molar-refractivity contribution in [2.45, 2.75) is 39.7 Å². The van der Waals surface area contributed by atoms with Crippen molar-refractivity contribution in [2.24, 2.45) is 0 Å². The third kappa shape index (κ3) is 4.95. The summed E-state index contributed by atoms with van der Waals surface area (Å²) in [6, 6.07) is 3.40. The van der Waals surface area contributed by atoms with Gasteiger partial charge in [0, 0.05) is 13.1 Å². The second-order valence-corrected chi connectivity index (χ2v) is 4.68. The normalized spacial score (nSPS) is 12.2. The molecule has 0 bridgehead atoms. The number of nitrogens with zero attached hydrogens (tertiary/aromatic N) is 1. The lowest BCUT2D eigenvalue weighted by atomic mass is 10.2. The number of urea groups is 1. The highest BCUT2D eigenvalue weighted by atomic mass is 16.3. The van der Waals surface area contributed by atoms with Gasteiger partial charge in [0.25, 0.3) is 0 Å². The highest BCUT2D eigenvalue weighted by molar-refractivity contribution is 5.74. The van der Waals surface area contributed by atoms with Gasteiger partial charge in [-0.25, -0.2) is 4.79 Å². The Morgan fingerprint density at radius 3 is 2.74 bits per heavy atom. The van der Waals surface area contributed by atoms with Gasteiger partial charge in [-0.3, -0.25) is 0 Å². The van der Waals surface area contributed by atoms with Crippen LogP contribution in [0.2, 0.25) is 0 Å². The van der Waals surface area contributed by atoms with Crippen molar-refractivity contribution >= 4 is 6.03 Å². The summed E-state index contributed by atoms with van der Waals surface area (Å²) in [6.45, 7) is 6.82. The van der Waals surface area contributed by atoms with Crippen LogP contribution < -0.4 is 5.32 Å². The number of unbranched alkanes of at least 4 members (excludes halogenated alkanes) is 1. The molecule has 5 heteroatoms. The molecule has 108 valence electrons. The Hall–Kier alpha value is -1.49. The van der Waals surface area contributed by atoms with Crippen LogP contribution in [0.1, 0.15) is 44.3 Å². The summed E-state index contributed by atoms with van der Waals surface area (Å²) >= 11 is 0. The van der Waals surface area contributed by atoms with Crippen molar-refractivity contribution in [1.29, 1.82) is 0 Å². The Morgan fingerprint density at radius 1 is 1.47 bits per heavy atom. The minimum Gasteiger partial charge on any atom is -0.464 e. The Labute approximate surface area is 114 Å². The fourth-order valence-corrected chi connectivity index (χ4v) is 1.82. The first kappa shape index (κ1) is 15.6. The number of aryl methyl sites for hydroxylation is 1. The Morgan fingerprint density at radius 2 is 2.21 bits per heavy atom. The molecule has 0 saturated carbocycles. The predicted molar refractivity (Wildman–Crippen MR) is 74.0 cm³/mol. The van der Waals surface area contributed by atoms with E-state index in [0.29, 0.717) is 13.1 Å². The van der Waals surface area contributed by atoms with E-state index in [9.17, 15) is 4.79 Å². The zero-order valence-corrected chi connectivity index (χ0v) is 12.0. The van der Waals surface area contributed by atoms with E-state index in [-0.39, 0.29) is 18.7 Å². The number of aliphatic hydroxyl groups is 1. The van der Waals surface area contributed by atoms with E-state index in [0.717, 1.165) is 24.4 Å². The third-order valence-corrected chi connectivity index (χ3v) is 2.97. The lowest BCUT2D eigenvalue weighted by molar-refractivity contribution is 0.172. The van der Waals surface area contributed by atoms with Crippen LogP contribution in [0.5, 0.6) is 0 Å². The van der Waals surface area contributed by atoms with Gasteiger partial charge in [0.05, 0.1) is 12.6 Å². The highest BCUT2D eigenvalue weighted by Crippen LogP contribution is 2.15. The molecule has 0 aliphatic heterocycles. The molecule has 19 heavy (non-hydrogen) atoms. The summed E-state index contributed by atoms with van der Waals surface area (Å²) in [7, 11) is 0. The van der Waals surface area contributed by atoms with Gasteiger partial charge < -0.3 is 19.7 Å². The zero-order chi connectivity index (χ0) is 14.3. The van der Waals surface area contributed by atoms with E-state index in [1.807, 2.05) is 26.0 Å². The molecule has 1 unspecified atom stereocenters. The van der Waals surface area contributed by atoms with Gasteiger partial charge in [0.15, 0.2) is 0 Å². The molecule has 0 aromatic carbocycles. The fraction of sp³-hybridized carbons (Fsp3) is 0.643. The molecular weight excluding hydrogens is 244 g/mol. The second-order valence-electron chi connectivity index (χ2n) is 4.68. The molecular formula is C14H24N2O3. The maximum atomic E-state index is 12.1. The third-order valence-electron chi connectivity index (χ3n) is 2.97.